The van der Waals surface area contributed by atoms with E-state index in [1.54, 1.807) is 6.21 Å². The smallest absolute Gasteiger partial charge is 0.222 e. The summed E-state index contributed by atoms with van der Waals surface area (Å²) in [5, 5.41) is 4.75. The molecule has 23 heavy (non-hydrogen) atoms. The summed E-state index contributed by atoms with van der Waals surface area (Å²) in [7, 11) is 0. The van der Waals surface area contributed by atoms with Crippen LogP contribution >= 0.6 is 11.6 Å². The Balaban J connectivity index is 1.66. The van der Waals surface area contributed by atoms with Crippen molar-refractivity contribution in [1.82, 2.24) is 9.97 Å². The molecule has 6 heteroatoms. The van der Waals surface area contributed by atoms with Crippen LogP contribution in [-0.4, -0.2) is 22.8 Å². The van der Waals surface area contributed by atoms with Crippen LogP contribution in [0, 0.1) is 0 Å². The van der Waals surface area contributed by atoms with Crippen LogP contribution in [0.1, 0.15) is 18.9 Å². The lowest BCUT2D eigenvalue weighted by Gasteiger charge is -2.06. The highest BCUT2D eigenvalue weighted by atomic mass is 35.5. The molecule has 0 aliphatic heterocycles. The van der Waals surface area contributed by atoms with E-state index in [2.05, 4.69) is 27.4 Å². The first-order chi connectivity index (χ1) is 11.3. The molecular formula is C17H17ClN4O. The second kappa shape index (κ2) is 7.15. The molecule has 0 unspecified atom stereocenters. The van der Waals surface area contributed by atoms with Gasteiger partial charge in [-0.2, -0.15) is 5.10 Å². The first-order valence-corrected chi connectivity index (χ1v) is 7.80. The molecule has 3 rings (SSSR count). The standard InChI is InChI=1S/C17H17ClN4O/c1-2-9-23-16-8-7-12(10-13(16)18)11-19-22-17-20-14-5-3-4-6-15(14)21-17/h3-8,10-11H,2,9H2,1H3,(H2,20,21,22)/b19-11-. The Morgan fingerprint density at radius 1 is 1.30 bits per heavy atom. The first-order valence-electron chi connectivity index (χ1n) is 7.42. The molecule has 118 valence electrons. The van der Waals surface area contributed by atoms with Gasteiger partial charge in [0.05, 0.1) is 28.9 Å². The van der Waals surface area contributed by atoms with Crippen LogP contribution < -0.4 is 10.2 Å². The van der Waals surface area contributed by atoms with Crippen molar-refractivity contribution in [3.8, 4) is 5.75 Å². The second-order valence-corrected chi connectivity index (χ2v) is 5.42. The lowest BCUT2D eigenvalue weighted by Crippen LogP contribution is -1.96. The molecule has 1 aromatic heterocycles. The average molecular weight is 329 g/mol. The van der Waals surface area contributed by atoms with E-state index in [4.69, 9.17) is 16.3 Å². The van der Waals surface area contributed by atoms with Crippen molar-refractivity contribution in [2.24, 2.45) is 5.10 Å². The van der Waals surface area contributed by atoms with Crippen LogP contribution in [0.15, 0.2) is 47.6 Å². The molecule has 0 amide bonds. The van der Waals surface area contributed by atoms with Crippen molar-refractivity contribution in [3.63, 3.8) is 0 Å². The lowest BCUT2D eigenvalue weighted by molar-refractivity contribution is 0.317. The molecule has 0 spiro atoms. The Labute approximate surface area is 139 Å². The van der Waals surface area contributed by atoms with Crippen LogP contribution in [0.3, 0.4) is 0 Å². The summed E-state index contributed by atoms with van der Waals surface area (Å²) < 4.78 is 5.54. The molecule has 0 saturated carbocycles. The molecule has 1 heterocycles. The summed E-state index contributed by atoms with van der Waals surface area (Å²) in [6, 6.07) is 13.4. The van der Waals surface area contributed by atoms with Gasteiger partial charge in [0.15, 0.2) is 0 Å². The third-order valence-electron chi connectivity index (χ3n) is 3.19. The predicted molar refractivity (Wildman–Crippen MR) is 94.5 cm³/mol. The van der Waals surface area contributed by atoms with Crippen LogP contribution in [0.4, 0.5) is 5.95 Å². The van der Waals surface area contributed by atoms with Gasteiger partial charge in [-0.1, -0.05) is 30.7 Å². The van der Waals surface area contributed by atoms with E-state index in [0.29, 0.717) is 23.3 Å². The zero-order valence-corrected chi connectivity index (χ0v) is 13.5. The van der Waals surface area contributed by atoms with Gasteiger partial charge in [0, 0.05) is 0 Å². The Kier molecular flexibility index (Phi) is 4.78. The molecule has 3 aromatic rings. The van der Waals surface area contributed by atoms with Gasteiger partial charge in [0.1, 0.15) is 5.75 Å². The van der Waals surface area contributed by atoms with Crippen molar-refractivity contribution >= 4 is 34.8 Å². The number of fused-ring (bicyclic) bond motifs is 1. The third kappa shape index (κ3) is 3.81. The van der Waals surface area contributed by atoms with Crippen molar-refractivity contribution in [1.29, 1.82) is 0 Å². The molecular weight excluding hydrogens is 312 g/mol. The fraction of sp³-hybridized carbons (Fsp3) is 0.176. The Hall–Kier alpha value is -2.53. The number of benzene rings is 2. The van der Waals surface area contributed by atoms with E-state index in [1.807, 2.05) is 42.5 Å². The average Bonchev–Trinajstić information content (AvgIpc) is 2.97. The summed E-state index contributed by atoms with van der Waals surface area (Å²) in [5.74, 6) is 1.28. The zero-order chi connectivity index (χ0) is 16.1. The minimum atomic E-state index is 0.575. The van der Waals surface area contributed by atoms with E-state index in [0.717, 1.165) is 23.0 Å². The number of para-hydroxylation sites is 2. The number of nitrogens with zero attached hydrogens (tertiary/aromatic N) is 2. The SMILES string of the molecule is CCCOc1ccc(/C=N\Nc2nc3ccccc3[nH]2)cc1Cl. The Morgan fingerprint density at radius 2 is 2.17 bits per heavy atom. The van der Waals surface area contributed by atoms with Gasteiger partial charge < -0.3 is 9.72 Å². The van der Waals surface area contributed by atoms with E-state index >= 15 is 0 Å². The van der Waals surface area contributed by atoms with Gasteiger partial charge >= 0.3 is 0 Å². The molecule has 5 nitrogen and oxygen atoms in total. The number of hydrogen-bond donors (Lipinski definition) is 2. The molecule has 0 radical (unpaired) electrons. The highest BCUT2D eigenvalue weighted by Gasteiger charge is 2.02. The van der Waals surface area contributed by atoms with E-state index in [9.17, 15) is 0 Å². The number of hydrogen-bond acceptors (Lipinski definition) is 4. The maximum absolute atomic E-state index is 6.19. The zero-order valence-electron chi connectivity index (χ0n) is 12.7. The highest BCUT2D eigenvalue weighted by Crippen LogP contribution is 2.25. The fourth-order valence-electron chi connectivity index (χ4n) is 2.10. The summed E-state index contributed by atoms with van der Waals surface area (Å²) in [6.07, 6.45) is 2.63. The number of hydrazone groups is 1. The second-order valence-electron chi connectivity index (χ2n) is 5.01. The normalized spacial score (nSPS) is 11.2. The monoisotopic (exact) mass is 328 g/mol. The van der Waals surface area contributed by atoms with Crippen molar-refractivity contribution in [2.45, 2.75) is 13.3 Å². The quantitative estimate of drug-likeness (QED) is 0.519. The van der Waals surface area contributed by atoms with E-state index in [1.165, 1.54) is 0 Å². The van der Waals surface area contributed by atoms with Crippen LogP contribution in [0.2, 0.25) is 5.02 Å². The summed E-state index contributed by atoms with van der Waals surface area (Å²) in [4.78, 5) is 7.53. The summed E-state index contributed by atoms with van der Waals surface area (Å²) in [6.45, 7) is 2.71. The van der Waals surface area contributed by atoms with Crippen LogP contribution in [0.25, 0.3) is 11.0 Å². The molecule has 0 saturated heterocycles. The number of imidazole rings is 1. The van der Waals surface area contributed by atoms with Gasteiger partial charge in [-0.05, 0) is 42.3 Å². The van der Waals surface area contributed by atoms with Crippen LogP contribution in [0.5, 0.6) is 5.75 Å². The third-order valence-corrected chi connectivity index (χ3v) is 3.49. The number of halogens is 1. The molecule has 0 fully saturated rings. The predicted octanol–water partition coefficient (Wildman–Crippen LogP) is 4.45. The number of ether oxygens (including phenoxy) is 1. The highest BCUT2D eigenvalue weighted by molar-refractivity contribution is 6.32. The van der Waals surface area contributed by atoms with Gasteiger partial charge in [-0.25, -0.2) is 10.4 Å². The number of anilines is 1. The largest absolute Gasteiger partial charge is 0.492 e. The lowest BCUT2D eigenvalue weighted by atomic mass is 10.2. The number of nitrogens with one attached hydrogen (secondary N) is 2. The van der Waals surface area contributed by atoms with Gasteiger partial charge in [-0.3, -0.25) is 0 Å². The van der Waals surface area contributed by atoms with E-state index < -0.39 is 0 Å². The number of aromatic nitrogens is 2. The maximum atomic E-state index is 6.19. The minimum Gasteiger partial charge on any atom is -0.492 e. The summed E-state index contributed by atoms with van der Waals surface area (Å²) in [5.41, 5.74) is 5.61. The van der Waals surface area contributed by atoms with Crippen LogP contribution in [-0.2, 0) is 0 Å². The van der Waals surface area contributed by atoms with Crippen molar-refractivity contribution in [2.75, 3.05) is 12.0 Å². The van der Waals surface area contributed by atoms with Gasteiger partial charge in [-0.15, -0.1) is 0 Å². The molecule has 0 aliphatic carbocycles. The maximum Gasteiger partial charge on any atom is 0.222 e. The van der Waals surface area contributed by atoms with Crippen molar-refractivity contribution < 1.29 is 4.74 Å². The van der Waals surface area contributed by atoms with E-state index in [-0.39, 0.29) is 0 Å². The number of rotatable bonds is 6. The molecule has 0 aliphatic rings. The summed E-state index contributed by atoms with van der Waals surface area (Å²) >= 11 is 6.19. The Morgan fingerprint density at radius 3 is 2.96 bits per heavy atom. The topological polar surface area (TPSA) is 62.3 Å². The fourth-order valence-corrected chi connectivity index (χ4v) is 2.34. The number of aromatic amines is 1. The molecule has 2 aromatic carbocycles. The minimum absolute atomic E-state index is 0.575. The van der Waals surface area contributed by atoms with Crippen molar-refractivity contribution in [3.05, 3.63) is 53.1 Å². The molecule has 0 atom stereocenters. The first kappa shape index (κ1) is 15.4. The van der Waals surface area contributed by atoms with Gasteiger partial charge in [0.25, 0.3) is 0 Å². The molecule has 2 N–H and O–H groups in total. The Bertz CT molecular complexity index is 795. The molecule has 0 bridgehead atoms. The number of H-pyrrole nitrogens is 1. The van der Waals surface area contributed by atoms with Gasteiger partial charge in [0.2, 0.25) is 5.95 Å².